The minimum Gasteiger partial charge on any atom is -0.497 e. The van der Waals surface area contributed by atoms with Gasteiger partial charge in [-0.3, -0.25) is 14.5 Å². The molecule has 1 aromatic rings. The first-order chi connectivity index (χ1) is 18.0. The number of piperazine rings is 1. The molecule has 3 fully saturated rings. The number of carbonyl (C=O) groups is 2. The summed E-state index contributed by atoms with van der Waals surface area (Å²) in [5.74, 6) is 1.77. The highest BCUT2D eigenvalue weighted by Crippen LogP contribution is 2.31. The van der Waals surface area contributed by atoms with Crippen LogP contribution in [0.3, 0.4) is 0 Å². The third kappa shape index (κ3) is 7.17. The van der Waals surface area contributed by atoms with Gasteiger partial charge in [-0.05, 0) is 63.6 Å². The second-order valence-electron chi connectivity index (χ2n) is 10.9. The van der Waals surface area contributed by atoms with E-state index in [1.807, 2.05) is 4.90 Å². The number of methoxy groups -OCH3 is 2. The molecule has 2 saturated heterocycles. The molecular weight excluding hydrogens is 468 g/mol. The molecule has 1 N–H and O–H groups in total. The monoisotopic (exact) mass is 514 g/mol. The lowest BCUT2D eigenvalue weighted by Gasteiger charge is -2.41. The van der Waals surface area contributed by atoms with Crippen LogP contribution in [-0.2, 0) is 4.79 Å². The summed E-state index contributed by atoms with van der Waals surface area (Å²) in [5.41, 5.74) is 0.567. The highest BCUT2D eigenvalue weighted by molar-refractivity contribution is 5.95. The van der Waals surface area contributed by atoms with Gasteiger partial charge < -0.3 is 24.6 Å². The van der Waals surface area contributed by atoms with Gasteiger partial charge in [-0.25, -0.2) is 0 Å². The van der Waals surface area contributed by atoms with Crippen molar-refractivity contribution in [3.63, 3.8) is 0 Å². The largest absolute Gasteiger partial charge is 0.497 e. The summed E-state index contributed by atoms with van der Waals surface area (Å²) in [5, 5.41) is 3.28. The third-order valence-corrected chi connectivity index (χ3v) is 8.57. The maximum absolute atomic E-state index is 13.4. The van der Waals surface area contributed by atoms with Gasteiger partial charge in [0.25, 0.3) is 5.91 Å². The molecule has 1 saturated carbocycles. The average molecular weight is 515 g/mol. The Morgan fingerprint density at radius 3 is 2.19 bits per heavy atom. The van der Waals surface area contributed by atoms with Crippen molar-refractivity contribution in [2.75, 3.05) is 60.0 Å². The van der Waals surface area contributed by atoms with Crippen LogP contribution < -0.4 is 14.8 Å². The first-order valence-electron chi connectivity index (χ1n) is 14.3. The Hall–Kier alpha value is -2.32. The van der Waals surface area contributed by atoms with Gasteiger partial charge in [-0.2, -0.15) is 0 Å². The zero-order valence-corrected chi connectivity index (χ0v) is 23.0. The van der Waals surface area contributed by atoms with E-state index in [2.05, 4.69) is 22.0 Å². The van der Waals surface area contributed by atoms with Crippen molar-refractivity contribution < 1.29 is 19.1 Å². The Labute approximate surface area is 222 Å². The van der Waals surface area contributed by atoms with Gasteiger partial charge in [-0.15, -0.1) is 0 Å². The lowest BCUT2D eigenvalue weighted by Crippen LogP contribution is -2.58. The fourth-order valence-electron chi connectivity index (χ4n) is 6.36. The van der Waals surface area contributed by atoms with Gasteiger partial charge in [0.2, 0.25) is 5.91 Å². The first-order valence-corrected chi connectivity index (χ1v) is 14.3. The number of hydrogen-bond acceptors (Lipinski definition) is 6. The molecule has 2 amide bonds. The minimum absolute atomic E-state index is 0.0225. The Morgan fingerprint density at radius 2 is 1.57 bits per heavy atom. The van der Waals surface area contributed by atoms with Crippen LogP contribution in [0.4, 0.5) is 0 Å². The average Bonchev–Trinajstić information content (AvgIpc) is 3.46. The number of benzene rings is 1. The Bertz CT molecular complexity index is 874. The van der Waals surface area contributed by atoms with Crippen LogP contribution >= 0.6 is 0 Å². The van der Waals surface area contributed by atoms with Crippen LogP contribution in [0, 0.1) is 5.92 Å². The molecular formula is C29H46N4O4. The fraction of sp³-hybridized carbons (Fsp3) is 0.724. The number of rotatable bonds is 10. The number of nitrogens with one attached hydrogen (secondary N) is 1. The second-order valence-corrected chi connectivity index (χ2v) is 10.9. The first kappa shape index (κ1) is 27.7. The Morgan fingerprint density at radius 1 is 0.919 bits per heavy atom. The Kier molecular flexibility index (Phi) is 10.1. The molecule has 2 aliphatic heterocycles. The van der Waals surface area contributed by atoms with E-state index >= 15 is 0 Å². The van der Waals surface area contributed by atoms with E-state index in [0.717, 1.165) is 32.4 Å². The molecule has 8 heteroatoms. The van der Waals surface area contributed by atoms with Crippen LogP contribution in [-0.4, -0.2) is 98.6 Å². The molecule has 206 valence electrons. The van der Waals surface area contributed by atoms with Gasteiger partial charge in [0, 0.05) is 56.9 Å². The van der Waals surface area contributed by atoms with Crippen LogP contribution in [0.25, 0.3) is 0 Å². The van der Waals surface area contributed by atoms with Crippen molar-refractivity contribution >= 4 is 11.8 Å². The fourth-order valence-corrected chi connectivity index (χ4v) is 6.36. The molecule has 0 bridgehead atoms. The van der Waals surface area contributed by atoms with Gasteiger partial charge in [0.1, 0.15) is 11.5 Å². The minimum atomic E-state index is -0.0921. The molecule has 0 spiro atoms. The summed E-state index contributed by atoms with van der Waals surface area (Å²) in [6.07, 6.45) is 9.56. The zero-order chi connectivity index (χ0) is 26.2. The van der Waals surface area contributed by atoms with Crippen molar-refractivity contribution in [1.82, 2.24) is 20.0 Å². The zero-order valence-electron chi connectivity index (χ0n) is 23.0. The summed E-state index contributed by atoms with van der Waals surface area (Å²) in [4.78, 5) is 33.5. The quantitative estimate of drug-likeness (QED) is 0.483. The van der Waals surface area contributed by atoms with Crippen LogP contribution in [0.5, 0.6) is 11.5 Å². The van der Waals surface area contributed by atoms with Gasteiger partial charge in [0.05, 0.1) is 20.3 Å². The lowest BCUT2D eigenvalue weighted by atomic mass is 9.95. The second kappa shape index (κ2) is 13.5. The number of nitrogens with zero attached hydrogens (tertiary/aromatic N) is 3. The lowest BCUT2D eigenvalue weighted by molar-refractivity contribution is -0.129. The molecule has 8 nitrogen and oxygen atoms in total. The smallest absolute Gasteiger partial charge is 0.254 e. The highest BCUT2D eigenvalue weighted by atomic mass is 16.5. The molecule has 37 heavy (non-hydrogen) atoms. The predicted molar refractivity (Wildman–Crippen MR) is 145 cm³/mol. The molecule has 3 aliphatic rings. The van der Waals surface area contributed by atoms with Crippen molar-refractivity contribution in [3.05, 3.63) is 23.8 Å². The van der Waals surface area contributed by atoms with Gasteiger partial charge in [0.15, 0.2) is 0 Å². The molecule has 4 rings (SSSR count). The van der Waals surface area contributed by atoms with Gasteiger partial charge >= 0.3 is 0 Å². The van der Waals surface area contributed by atoms with E-state index in [1.165, 1.54) is 38.6 Å². The van der Waals surface area contributed by atoms with Gasteiger partial charge in [-0.1, -0.05) is 19.3 Å². The van der Waals surface area contributed by atoms with E-state index in [9.17, 15) is 9.59 Å². The molecule has 2 unspecified atom stereocenters. The van der Waals surface area contributed by atoms with Crippen molar-refractivity contribution in [2.24, 2.45) is 5.92 Å². The van der Waals surface area contributed by atoms with Crippen LogP contribution in [0.2, 0.25) is 0 Å². The third-order valence-electron chi connectivity index (χ3n) is 8.57. The normalized spacial score (nSPS) is 22.6. The number of piperidine rings is 1. The van der Waals surface area contributed by atoms with Crippen molar-refractivity contribution in [1.29, 1.82) is 0 Å². The van der Waals surface area contributed by atoms with E-state index in [0.29, 0.717) is 55.2 Å². The summed E-state index contributed by atoms with van der Waals surface area (Å²) in [6, 6.07) is 5.86. The SMILES string of the molecule is COc1cc(OC)cc(C(=O)N2CCN(C(C(=O)NCCCN3CCCCC3C)C3CCCC3)CC2)c1. The maximum atomic E-state index is 13.4. The number of carbonyl (C=O) groups excluding carboxylic acids is 2. The van der Waals surface area contributed by atoms with E-state index in [-0.39, 0.29) is 17.9 Å². The molecule has 2 atom stereocenters. The topological polar surface area (TPSA) is 74.3 Å². The van der Waals surface area contributed by atoms with E-state index in [1.54, 1.807) is 32.4 Å². The maximum Gasteiger partial charge on any atom is 0.254 e. The standard InChI is InChI=1S/C29H46N4O4/c1-22-9-6-7-13-31(22)14-8-12-30-28(34)27(23-10-4-5-11-23)32-15-17-33(18-16-32)29(35)24-19-25(36-2)21-26(20-24)37-3/h19-23,27H,4-18H2,1-3H3,(H,30,34). The predicted octanol–water partition coefficient (Wildman–Crippen LogP) is 3.40. The number of likely N-dealkylation sites (tertiary alicyclic amines) is 1. The number of amides is 2. The summed E-state index contributed by atoms with van der Waals surface area (Å²) in [7, 11) is 3.18. The van der Waals surface area contributed by atoms with Crippen molar-refractivity contribution in [2.45, 2.75) is 70.4 Å². The summed E-state index contributed by atoms with van der Waals surface area (Å²) < 4.78 is 10.7. The molecule has 1 aliphatic carbocycles. The van der Waals surface area contributed by atoms with Crippen LogP contribution in [0.15, 0.2) is 18.2 Å². The highest BCUT2D eigenvalue weighted by Gasteiger charge is 2.37. The van der Waals surface area contributed by atoms with E-state index < -0.39 is 0 Å². The molecule has 1 aromatic carbocycles. The molecule has 2 heterocycles. The van der Waals surface area contributed by atoms with Crippen LogP contribution in [0.1, 0.15) is 68.6 Å². The van der Waals surface area contributed by atoms with E-state index in [4.69, 9.17) is 9.47 Å². The Balaban J connectivity index is 1.31. The molecule has 0 aromatic heterocycles. The summed E-state index contributed by atoms with van der Waals surface area (Å²) in [6.45, 7) is 7.96. The van der Waals surface area contributed by atoms with Crippen molar-refractivity contribution in [3.8, 4) is 11.5 Å². The summed E-state index contributed by atoms with van der Waals surface area (Å²) >= 11 is 0. The number of ether oxygens (including phenoxy) is 2. The molecule has 0 radical (unpaired) electrons. The number of hydrogen-bond donors (Lipinski definition) is 1.